The second-order valence-corrected chi connectivity index (χ2v) is 7.50. The molecular weight excluding hydrogens is 426 g/mol. The lowest BCUT2D eigenvalue weighted by Gasteiger charge is -2.25. The second kappa shape index (κ2) is 9.24. The first-order chi connectivity index (χ1) is 15.9. The first-order valence-electron chi connectivity index (χ1n) is 10.5. The van der Waals surface area contributed by atoms with E-state index in [4.69, 9.17) is 4.74 Å². The van der Waals surface area contributed by atoms with Crippen LogP contribution < -0.4 is 9.64 Å². The fourth-order valence-electron chi connectivity index (χ4n) is 3.84. The zero-order valence-electron chi connectivity index (χ0n) is 18.2. The number of carbonyl (C=O) groups excluding carboxylic acids is 2. The minimum absolute atomic E-state index is 0.0272. The minimum atomic E-state index is -1.14. The van der Waals surface area contributed by atoms with E-state index in [0.717, 1.165) is 22.6 Å². The van der Waals surface area contributed by atoms with Gasteiger partial charge in [0.2, 0.25) is 0 Å². The SMILES string of the molecule is CCN(Cc1ccccc1)C1=C(c2ccc(OC)cc2)C(=O)N(c2ccc(F)c(F)c2)C1=O. The molecule has 0 N–H and O–H groups in total. The Hall–Kier alpha value is -4.00. The van der Waals surface area contributed by atoms with Crippen molar-refractivity contribution >= 4 is 23.1 Å². The summed E-state index contributed by atoms with van der Waals surface area (Å²) in [6, 6.07) is 19.3. The first-order valence-corrected chi connectivity index (χ1v) is 10.5. The zero-order chi connectivity index (χ0) is 23.5. The monoisotopic (exact) mass is 448 g/mol. The number of ether oxygens (including phenoxy) is 1. The molecule has 0 radical (unpaired) electrons. The van der Waals surface area contributed by atoms with Gasteiger partial charge in [-0.15, -0.1) is 0 Å². The van der Waals surface area contributed by atoms with Crippen LogP contribution in [-0.2, 0) is 16.1 Å². The molecule has 168 valence electrons. The highest BCUT2D eigenvalue weighted by Gasteiger charge is 2.42. The molecule has 4 rings (SSSR count). The fourth-order valence-corrected chi connectivity index (χ4v) is 3.84. The summed E-state index contributed by atoms with van der Waals surface area (Å²) in [6.07, 6.45) is 0. The van der Waals surface area contributed by atoms with Crippen molar-refractivity contribution in [1.29, 1.82) is 0 Å². The van der Waals surface area contributed by atoms with Gasteiger partial charge in [0.25, 0.3) is 11.8 Å². The maximum Gasteiger partial charge on any atom is 0.282 e. The van der Waals surface area contributed by atoms with Crippen LogP contribution in [-0.4, -0.2) is 30.4 Å². The van der Waals surface area contributed by atoms with Crippen molar-refractivity contribution in [2.75, 3.05) is 18.6 Å². The molecule has 0 aliphatic carbocycles. The number of amides is 2. The van der Waals surface area contributed by atoms with E-state index < -0.39 is 23.4 Å². The second-order valence-electron chi connectivity index (χ2n) is 7.50. The van der Waals surface area contributed by atoms with Gasteiger partial charge in [0.1, 0.15) is 11.4 Å². The normalized spacial score (nSPS) is 13.6. The van der Waals surface area contributed by atoms with Gasteiger partial charge >= 0.3 is 0 Å². The predicted molar refractivity (Wildman–Crippen MR) is 121 cm³/mol. The Balaban J connectivity index is 1.83. The molecule has 3 aromatic carbocycles. The van der Waals surface area contributed by atoms with Crippen LogP contribution in [0.4, 0.5) is 14.5 Å². The van der Waals surface area contributed by atoms with Crippen molar-refractivity contribution in [3.63, 3.8) is 0 Å². The number of benzene rings is 3. The lowest BCUT2D eigenvalue weighted by molar-refractivity contribution is -0.120. The minimum Gasteiger partial charge on any atom is -0.497 e. The molecule has 1 aliphatic heterocycles. The van der Waals surface area contributed by atoms with Gasteiger partial charge in [0, 0.05) is 19.2 Å². The summed E-state index contributed by atoms with van der Waals surface area (Å²) in [7, 11) is 1.54. The predicted octanol–water partition coefficient (Wildman–Crippen LogP) is 4.78. The van der Waals surface area contributed by atoms with Crippen molar-refractivity contribution in [2.24, 2.45) is 0 Å². The molecule has 1 heterocycles. The molecule has 2 amide bonds. The van der Waals surface area contributed by atoms with Gasteiger partial charge in [-0.2, -0.15) is 0 Å². The molecule has 0 saturated heterocycles. The summed E-state index contributed by atoms with van der Waals surface area (Å²) in [5, 5.41) is 0. The van der Waals surface area contributed by atoms with Crippen molar-refractivity contribution in [1.82, 2.24) is 4.90 Å². The van der Waals surface area contributed by atoms with Crippen molar-refractivity contribution in [3.8, 4) is 5.75 Å². The number of hydrogen-bond acceptors (Lipinski definition) is 4. The third-order valence-electron chi connectivity index (χ3n) is 5.51. The molecule has 3 aromatic rings. The molecule has 0 bridgehead atoms. The molecule has 0 unspecified atom stereocenters. The van der Waals surface area contributed by atoms with E-state index in [0.29, 0.717) is 24.4 Å². The largest absolute Gasteiger partial charge is 0.497 e. The number of hydrogen-bond donors (Lipinski definition) is 0. The van der Waals surface area contributed by atoms with Crippen LogP contribution in [0, 0.1) is 11.6 Å². The highest BCUT2D eigenvalue weighted by molar-refractivity contribution is 6.45. The summed E-state index contributed by atoms with van der Waals surface area (Å²) in [4.78, 5) is 29.8. The summed E-state index contributed by atoms with van der Waals surface area (Å²) >= 11 is 0. The molecule has 1 aliphatic rings. The van der Waals surface area contributed by atoms with Crippen LogP contribution in [0.15, 0.2) is 78.5 Å². The lowest BCUT2D eigenvalue weighted by Crippen LogP contribution is -2.35. The van der Waals surface area contributed by atoms with Gasteiger partial charge in [0.05, 0.1) is 18.4 Å². The van der Waals surface area contributed by atoms with Crippen molar-refractivity contribution < 1.29 is 23.1 Å². The summed E-state index contributed by atoms with van der Waals surface area (Å²) in [6.45, 7) is 2.74. The van der Waals surface area contributed by atoms with Gasteiger partial charge in [-0.25, -0.2) is 13.7 Å². The smallest absolute Gasteiger partial charge is 0.282 e. The van der Waals surface area contributed by atoms with Crippen LogP contribution in [0.2, 0.25) is 0 Å². The average Bonchev–Trinajstić information content (AvgIpc) is 3.10. The third-order valence-corrected chi connectivity index (χ3v) is 5.51. The van der Waals surface area contributed by atoms with Crippen LogP contribution in [0.25, 0.3) is 5.57 Å². The molecular formula is C26H22F2N2O3. The molecule has 7 heteroatoms. The lowest BCUT2D eigenvalue weighted by atomic mass is 10.0. The van der Waals surface area contributed by atoms with Crippen molar-refractivity contribution in [2.45, 2.75) is 13.5 Å². The summed E-state index contributed by atoms with van der Waals surface area (Å²) in [5.41, 5.74) is 1.88. The summed E-state index contributed by atoms with van der Waals surface area (Å²) < 4.78 is 32.6. The van der Waals surface area contributed by atoms with Gasteiger partial charge in [0.15, 0.2) is 11.6 Å². The number of nitrogens with zero attached hydrogens (tertiary/aromatic N) is 2. The Morgan fingerprint density at radius 1 is 0.879 bits per heavy atom. The maximum atomic E-state index is 13.9. The van der Waals surface area contributed by atoms with Crippen molar-refractivity contribution in [3.05, 3.63) is 101 Å². The van der Waals surface area contributed by atoms with E-state index in [1.54, 1.807) is 24.3 Å². The van der Waals surface area contributed by atoms with E-state index in [2.05, 4.69) is 0 Å². The first kappa shape index (κ1) is 22.2. The fraction of sp³-hybridized carbons (Fsp3) is 0.154. The number of rotatable bonds is 7. The number of likely N-dealkylation sites (N-methyl/N-ethyl adjacent to an activating group) is 1. The van der Waals surface area contributed by atoms with Gasteiger partial charge in [-0.1, -0.05) is 42.5 Å². The Kier molecular flexibility index (Phi) is 6.22. The highest BCUT2D eigenvalue weighted by atomic mass is 19.2. The van der Waals surface area contributed by atoms with E-state index >= 15 is 0 Å². The van der Waals surface area contributed by atoms with Crippen LogP contribution >= 0.6 is 0 Å². The number of methoxy groups -OCH3 is 1. The summed E-state index contributed by atoms with van der Waals surface area (Å²) in [5.74, 6) is -2.77. The maximum absolute atomic E-state index is 13.9. The molecule has 0 saturated carbocycles. The number of imide groups is 1. The van der Waals surface area contributed by atoms with Crippen LogP contribution in [0.3, 0.4) is 0 Å². The Bertz CT molecular complexity index is 1220. The molecule has 0 fully saturated rings. The van der Waals surface area contributed by atoms with E-state index in [9.17, 15) is 18.4 Å². The number of halogens is 2. The Morgan fingerprint density at radius 2 is 1.58 bits per heavy atom. The van der Waals surface area contributed by atoms with E-state index in [1.165, 1.54) is 13.2 Å². The zero-order valence-corrected chi connectivity index (χ0v) is 18.2. The van der Waals surface area contributed by atoms with Crippen LogP contribution in [0.1, 0.15) is 18.1 Å². The van der Waals surface area contributed by atoms with Gasteiger partial charge in [-0.05, 0) is 42.3 Å². The van der Waals surface area contributed by atoms with Gasteiger partial charge in [-0.3, -0.25) is 9.59 Å². The quantitative estimate of drug-likeness (QED) is 0.488. The molecule has 0 spiro atoms. The number of carbonyl (C=O) groups is 2. The average molecular weight is 448 g/mol. The third kappa shape index (κ3) is 4.22. The van der Waals surface area contributed by atoms with E-state index in [-0.39, 0.29) is 17.0 Å². The molecule has 33 heavy (non-hydrogen) atoms. The van der Waals surface area contributed by atoms with E-state index in [1.807, 2.05) is 42.2 Å². The van der Waals surface area contributed by atoms with Crippen LogP contribution in [0.5, 0.6) is 5.75 Å². The van der Waals surface area contributed by atoms with Gasteiger partial charge < -0.3 is 9.64 Å². The molecule has 0 aromatic heterocycles. The Morgan fingerprint density at radius 3 is 2.18 bits per heavy atom. The molecule has 5 nitrogen and oxygen atoms in total. The number of anilines is 1. The molecule has 0 atom stereocenters. The topological polar surface area (TPSA) is 49.9 Å². The highest BCUT2D eigenvalue weighted by Crippen LogP contribution is 2.36. The Labute approximate surface area is 190 Å². The standard InChI is InChI=1S/C26H22F2N2O3/c1-3-29(16-17-7-5-4-6-8-17)24-23(18-9-12-20(33-2)13-10-18)25(31)30(26(24)32)19-11-14-21(27)22(28)15-19/h4-15H,3,16H2,1-2H3.